The van der Waals surface area contributed by atoms with Gasteiger partial charge in [0, 0.05) is 8.95 Å². The van der Waals surface area contributed by atoms with Crippen molar-refractivity contribution in [2.24, 2.45) is 0 Å². The first-order chi connectivity index (χ1) is 8.08. The van der Waals surface area contributed by atoms with Gasteiger partial charge in [0.25, 0.3) is 5.91 Å². The summed E-state index contributed by atoms with van der Waals surface area (Å²) in [6, 6.07) is 5.62. The van der Waals surface area contributed by atoms with Crippen LogP contribution in [0.2, 0.25) is 0 Å². The number of anilines is 1. The first-order valence-corrected chi connectivity index (χ1v) is 7.21. The van der Waals surface area contributed by atoms with Crippen molar-refractivity contribution in [3.05, 3.63) is 43.2 Å². The minimum absolute atomic E-state index is 0.135. The van der Waals surface area contributed by atoms with Crippen LogP contribution in [0.15, 0.2) is 32.7 Å². The zero-order chi connectivity index (χ0) is 12.4. The Labute approximate surface area is 120 Å². The third-order valence-electron chi connectivity index (χ3n) is 2.13. The second kappa shape index (κ2) is 5.29. The molecule has 1 aromatic carbocycles. The van der Waals surface area contributed by atoms with Gasteiger partial charge in [-0.05, 0) is 41.1 Å². The molecule has 0 spiro atoms. The van der Waals surface area contributed by atoms with Gasteiger partial charge >= 0.3 is 0 Å². The largest absolute Gasteiger partial charge is 0.320 e. The lowest BCUT2D eigenvalue weighted by atomic mass is 10.3. The molecule has 0 unspecified atom stereocenters. The van der Waals surface area contributed by atoms with Gasteiger partial charge in [-0.15, -0.1) is 11.3 Å². The van der Waals surface area contributed by atoms with E-state index in [1.165, 1.54) is 11.3 Å². The molecule has 2 aromatic rings. The fraction of sp³-hybridized carbons (Fsp3) is 0.0909. The minimum atomic E-state index is -0.135. The zero-order valence-electron chi connectivity index (χ0n) is 8.83. The van der Waals surface area contributed by atoms with Crippen LogP contribution in [0, 0.1) is 6.92 Å². The van der Waals surface area contributed by atoms with E-state index >= 15 is 0 Å². The molecular weight excluding hydrogens is 368 g/mol. The lowest BCUT2D eigenvalue weighted by Gasteiger charge is -2.07. The van der Waals surface area contributed by atoms with Gasteiger partial charge in [0.1, 0.15) is 4.88 Å². The lowest BCUT2D eigenvalue weighted by molar-refractivity contribution is 0.102. The number of amides is 1. The third-order valence-corrected chi connectivity index (χ3v) is 4.24. The molecule has 3 nitrogen and oxygen atoms in total. The van der Waals surface area contributed by atoms with Crippen LogP contribution in [0.25, 0.3) is 0 Å². The number of nitrogens with zero attached hydrogens (tertiary/aromatic N) is 1. The topological polar surface area (TPSA) is 42.0 Å². The van der Waals surface area contributed by atoms with Crippen molar-refractivity contribution in [3.63, 3.8) is 0 Å². The molecule has 0 radical (unpaired) electrons. The highest BCUT2D eigenvalue weighted by Gasteiger charge is 2.13. The average molecular weight is 376 g/mol. The Balaban J connectivity index is 2.24. The molecule has 0 atom stereocenters. The van der Waals surface area contributed by atoms with Crippen molar-refractivity contribution in [1.82, 2.24) is 4.98 Å². The van der Waals surface area contributed by atoms with Gasteiger partial charge < -0.3 is 5.32 Å². The molecule has 1 aromatic heterocycles. The summed E-state index contributed by atoms with van der Waals surface area (Å²) in [5.41, 5.74) is 3.15. The molecule has 1 amide bonds. The van der Waals surface area contributed by atoms with Crippen LogP contribution < -0.4 is 5.32 Å². The number of aryl methyl sites for hydroxylation is 1. The Morgan fingerprint density at radius 3 is 2.82 bits per heavy atom. The highest BCUT2D eigenvalue weighted by atomic mass is 79.9. The van der Waals surface area contributed by atoms with E-state index in [9.17, 15) is 4.79 Å². The van der Waals surface area contributed by atoms with E-state index in [-0.39, 0.29) is 5.91 Å². The molecule has 0 aliphatic heterocycles. The molecule has 1 heterocycles. The number of halogens is 2. The normalized spacial score (nSPS) is 10.3. The van der Waals surface area contributed by atoms with E-state index < -0.39 is 0 Å². The molecule has 6 heteroatoms. The first-order valence-electron chi connectivity index (χ1n) is 4.74. The molecule has 0 aliphatic carbocycles. The highest BCUT2D eigenvalue weighted by molar-refractivity contribution is 9.11. The van der Waals surface area contributed by atoms with E-state index in [0.717, 1.165) is 20.3 Å². The van der Waals surface area contributed by atoms with E-state index in [4.69, 9.17) is 0 Å². The number of aromatic nitrogens is 1. The predicted molar refractivity (Wildman–Crippen MR) is 76.6 cm³/mol. The first kappa shape index (κ1) is 12.7. The van der Waals surface area contributed by atoms with Crippen molar-refractivity contribution < 1.29 is 4.79 Å². The van der Waals surface area contributed by atoms with Crippen molar-refractivity contribution >= 4 is 54.8 Å². The second-order valence-corrected chi connectivity index (χ2v) is 5.97. The highest BCUT2D eigenvalue weighted by Crippen LogP contribution is 2.27. The molecular formula is C11H8Br2N2OS. The molecule has 0 saturated heterocycles. The standard InChI is InChI=1S/C11H8Br2N2OS/c1-6-10(17-5-14-6)11(16)15-9-4-7(12)2-3-8(9)13/h2-5H,1H3,(H,15,16). The maximum Gasteiger partial charge on any atom is 0.267 e. The van der Waals surface area contributed by atoms with Gasteiger partial charge in [0.15, 0.2) is 0 Å². The number of nitrogens with one attached hydrogen (secondary N) is 1. The fourth-order valence-corrected chi connectivity index (χ4v) is 2.70. The Morgan fingerprint density at radius 1 is 1.41 bits per heavy atom. The summed E-state index contributed by atoms with van der Waals surface area (Å²) < 4.78 is 1.76. The van der Waals surface area contributed by atoms with Crippen LogP contribution in [-0.2, 0) is 0 Å². The van der Waals surface area contributed by atoms with E-state index in [2.05, 4.69) is 42.2 Å². The van der Waals surface area contributed by atoms with E-state index in [1.807, 2.05) is 25.1 Å². The average Bonchev–Trinajstić information content (AvgIpc) is 2.70. The van der Waals surface area contributed by atoms with Gasteiger partial charge in [-0.1, -0.05) is 15.9 Å². The maximum absolute atomic E-state index is 12.0. The second-order valence-electron chi connectivity index (χ2n) is 3.35. The smallest absolute Gasteiger partial charge is 0.267 e. The molecule has 17 heavy (non-hydrogen) atoms. The van der Waals surface area contributed by atoms with Crippen molar-refractivity contribution in [2.75, 3.05) is 5.32 Å². The van der Waals surface area contributed by atoms with E-state index in [0.29, 0.717) is 4.88 Å². The van der Waals surface area contributed by atoms with Crippen molar-refractivity contribution in [3.8, 4) is 0 Å². The summed E-state index contributed by atoms with van der Waals surface area (Å²) in [4.78, 5) is 16.7. The molecule has 0 aliphatic rings. The van der Waals surface area contributed by atoms with Gasteiger partial charge in [-0.3, -0.25) is 4.79 Å². The monoisotopic (exact) mass is 374 g/mol. The number of benzene rings is 1. The van der Waals surface area contributed by atoms with Crippen LogP contribution in [0.4, 0.5) is 5.69 Å². The molecule has 88 valence electrons. The van der Waals surface area contributed by atoms with Gasteiger partial charge in [0.2, 0.25) is 0 Å². The zero-order valence-corrected chi connectivity index (χ0v) is 12.8. The predicted octanol–water partition coefficient (Wildman–Crippen LogP) is 4.23. The number of rotatable bonds is 2. The molecule has 2 rings (SSSR count). The van der Waals surface area contributed by atoms with Gasteiger partial charge in [0.05, 0.1) is 16.9 Å². The van der Waals surface area contributed by atoms with Crippen LogP contribution in [0.3, 0.4) is 0 Å². The number of thiazole rings is 1. The van der Waals surface area contributed by atoms with Crippen molar-refractivity contribution in [1.29, 1.82) is 0 Å². The summed E-state index contributed by atoms with van der Waals surface area (Å²) in [5, 5.41) is 2.85. The summed E-state index contributed by atoms with van der Waals surface area (Å²) in [6.45, 7) is 1.82. The summed E-state index contributed by atoms with van der Waals surface area (Å²) in [6.07, 6.45) is 0. The Bertz CT molecular complexity index is 568. The van der Waals surface area contributed by atoms with Gasteiger partial charge in [-0.2, -0.15) is 0 Å². The summed E-state index contributed by atoms with van der Waals surface area (Å²) in [5.74, 6) is -0.135. The maximum atomic E-state index is 12.0. The summed E-state index contributed by atoms with van der Waals surface area (Å²) in [7, 11) is 0. The van der Waals surface area contributed by atoms with Crippen LogP contribution >= 0.6 is 43.2 Å². The summed E-state index contributed by atoms with van der Waals surface area (Å²) >= 11 is 8.10. The number of hydrogen-bond acceptors (Lipinski definition) is 3. The molecule has 0 fully saturated rings. The number of carbonyl (C=O) groups is 1. The molecule has 0 saturated carbocycles. The Morgan fingerprint density at radius 2 is 2.18 bits per heavy atom. The SMILES string of the molecule is Cc1ncsc1C(=O)Nc1cc(Br)ccc1Br. The van der Waals surface area contributed by atoms with Crippen LogP contribution in [0.5, 0.6) is 0 Å². The lowest BCUT2D eigenvalue weighted by Crippen LogP contribution is -2.11. The van der Waals surface area contributed by atoms with E-state index in [1.54, 1.807) is 5.51 Å². The van der Waals surface area contributed by atoms with Crippen LogP contribution in [0.1, 0.15) is 15.4 Å². The number of hydrogen-bond donors (Lipinski definition) is 1. The quantitative estimate of drug-likeness (QED) is 0.853. The third kappa shape index (κ3) is 2.94. The molecule has 1 N–H and O–H groups in total. The minimum Gasteiger partial charge on any atom is -0.320 e. The van der Waals surface area contributed by atoms with Gasteiger partial charge in [-0.25, -0.2) is 4.98 Å². The van der Waals surface area contributed by atoms with Crippen molar-refractivity contribution in [2.45, 2.75) is 6.92 Å². The molecule has 0 bridgehead atoms. The van der Waals surface area contributed by atoms with Crippen LogP contribution in [-0.4, -0.2) is 10.9 Å². The Hall–Kier alpha value is -0.720. The number of carbonyl (C=O) groups excluding carboxylic acids is 1. The fourth-order valence-electron chi connectivity index (χ4n) is 1.29. The Kier molecular flexibility index (Phi) is 3.96.